The maximum Gasteiger partial charge on any atom is 0.135 e. The standard InChI is InChI=1S/C26H31N5O/c1-2-17-13-20(32)5-6-22(17)29-26(27)21-14-28-31-7-3-4-23(31)25(21)30-24-18-9-15-8-16(11-18)12-19(24)10-15/h3-7,13-16,18-19,24,30,32H,2,8-12H2,1H3,(H2,27,29). The van der Waals surface area contributed by atoms with Crippen LogP contribution in [0.3, 0.4) is 0 Å². The minimum atomic E-state index is 0.250. The average molecular weight is 430 g/mol. The summed E-state index contributed by atoms with van der Waals surface area (Å²) in [7, 11) is 0. The van der Waals surface area contributed by atoms with E-state index in [2.05, 4.69) is 23.4 Å². The van der Waals surface area contributed by atoms with E-state index >= 15 is 0 Å². The maximum absolute atomic E-state index is 9.84. The van der Waals surface area contributed by atoms with Crippen LogP contribution in [0, 0.1) is 23.7 Å². The minimum absolute atomic E-state index is 0.250. The van der Waals surface area contributed by atoms with Gasteiger partial charge in [-0.05, 0) is 98.1 Å². The number of fused-ring (bicyclic) bond motifs is 1. The lowest BCUT2D eigenvalue weighted by Gasteiger charge is -2.54. The van der Waals surface area contributed by atoms with E-state index in [1.807, 2.05) is 29.0 Å². The highest BCUT2D eigenvalue weighted by Crippen LogP contribution is 2.54. The third kappa shape index (κ3) is 3.24. The molecule has 0 aliphatic heterocycles. The summed E-state index contributed by atoms with van der Waals surface area (Å²) < 4.78 is 1.91. The lowest BCUT2D eigenvalue weighted by atomic mass is 9.54. The fourth-order valence-electron chi connectivity index (χ4n) is 6.82. The molecule has 0 saturated heterocycles. The predicted molar refractivity (Wildman–Crippen MR) is 128 cm³/mol. The first-order chi connectivity index (χ1) is 15.6. The molecule has 4 saturated carbocycles. The number of aromatic hydroxyl groups is 1. The molecule has 0 radical (unpaired) electrons. The van der Waals surface area contributed by atoms with E-state index < -0.39 is 0 Å². The number of aryl methyl sites for hydroxylation is 1. The molecule has 4 aliphatic rings. The Morgan fingerprint density at radius 1 is 1.16 bits per heavy atom. The molecule has 1 aromatic carbocycles. The summed E-state index contributed by atoms with van der Waals surface area (Å²) in [6.07, 6.45) is 11.5. The van der Waals surface area contributed by atoms with Crippen molar-refractivity contribution in [2.75, 3.05) is 5.32 Å². The summed E-state index contributed by atoms with van der Waals surface area (Å²) in [5.74, 6) is 4.09. The number of hydrogen-bond acceptors (Lipinski definition) is 4. The van der Waals surface area contributed by atoms with Gasteiger partial charge < -0.3 is 16.2 Å². The van der Waals surface area contributed by atoms with Gasteiger partial charge in [0, 0.05) is 12.2 Å². The van der Waals surface area contributed by atoms with Crippen molar-refractivity contribution in [3.05, 3.63) is 53.9 Å². The van der Waals surface area contributed by atoms with E-state index in [0.717, 1.165) is 58.1 Å². The fraction of sp³-hybridized carbons (Fsp3) is 0.462. The van der Waals surface area contributed by atoms with E-state index in [9.17, 15) is 5.11 Å². The fourth-order valence-corrected chi connectivity index (χ4v) is 6.82. The van der Waals surface area contributed by atoms with Gasteiger partial charge in [-0.2, -0.15) is 5.10 Å². The number of nitrogens with zero attached hydrogens (tertiary/aromatic N) is 3. The van der Waals surface area contributed by atoms with Crippen LogP contribution < -0.4 is 11.1 Å². The summed E-state index contributed by atoms with van der Waals surface area (Å²) >= 11 is 0. The Morgan fingerprint density at radius 2 is 1.91 bits per heavy atom. The number of phenolic OH excluding ortho intramolecular Hbond substituents is 1. The molecule has 7 rings (SSSR count). The average Bonchev–Trinajstić information content (AvgIpc) is 3.26. The smallest absolute Gasteiger partial charge is 0.135 e. The normalized spacial score (nSPS) is 29.0. The van der Waals surface area contributed by atoms with E-state index in [4.69, 9.17) is 10.7 Å². The molecule has 2 heterocycles. The van der Waals surface area contributed by atoms with Gasteiger partial charge in [0.25, 0.3) is 0 Å². The van der Waals surface area contributed by atoms with Crippen LogP contribution in [0.2, 0.25) is 0 Å². The lowest BCUT2D eigenvalue weighted by Crippen LogP contribution is -2.51. The Labute approximate surface area is 188 Å². The van der Waals surface area contributed by atoms with Crippen LogP contribution in [0.4, 0.5) is 11.4 Å². The Morgan fingerprint density at radius 3 is 2.62 bits per heavy atom. The second kappa shape index (κ2) is 7.54. The molecule has 0 unspecified atom stereocenters. The quantitative estimate of drug-likeness (QED) is 0.399. The molecule has 0 spiro atoms. The number of nitrogens with one attached hydrogen (secondary N) is 1. The second-order valence-electron chi connectivity index (χ2n) is 10.0. The molecular weight excluding hydrogens is 398 g/mol. The van der Waals surface area contributed by atoms with Crippen molar-refractivity contribution in [2.24, 2.45) is 34.4 Å². The lowest BCUT2D eigenvalue weighted by molar-refractivity contribution is 0.00756. The number of amidine groups is 1. The molecule has 6 heteroatoms. The Balaban J connectivity index is 1.40. The number of aliphatic imine (C=N–C) groups is 1. The topological polar surface area (TPSA) is 87.9 Å². The Kier molecular flexibility index (Phi) is 4.63. The van der Waals surface area contributed by atoms with Gasteiger partial charge in [-0.25, -0.2) is 9.51 Å². The van der Waals surface area contributed by atoms with Crippen molar-refractivity contribution in [2.45, 2.75) is 51.5 Å². The van der Waals surface area contributed by atoms with Crippen LogP contribution in [0.25, 0.3) is 5.52 Å². The van der Waals surface area contributed by atoms with Gasteiger partial charge in [0.1, 0.15) is 11.6 Å². The summed E-state index contributed by atoms with van der Waals surface area (Å²) in [4.78, 5) is 4.77. The summed E-state index contributed by atoms with van der Waals surface area (Å²) in [6.45, 7) is 2.05. The van der Waals surface area contributed by atoms with Crippen molar-refractivity contribution in [1.29, 1.82) is 0 Å². The monoisotopic (exact) mass is 429 g/mol. The maximum atomic E-state index is 9.84. The van der Waals surface area contributed by atoms with Crippen LogP contribution in [-0.2, 0) is 6.42 Å². The van der Waals surface area contributed by atoms with Crippen LogP contribution in [0.15, 0.2) is 47.7 Å². The molecule has 166 valence electrons. The van der Waals surface area contributed by atoms with Gasteiger partial charge in [-0.3, -0.25) is 0 Å². The molecule has 0 amide bonds. The van der Waals surface area contributed by atoms with E-state index in [1.54, 1.807) is 12.1 Å². The molecule has 2 aromatic heterocycles. The van der Waals surface area contributed by atoms with Crippen molar-refractivity contribution >= 4 is 22.7 Å². The molecule has 3 aromatic rings. The number of anilines is 1. The number of hydrogen-bond donors (Lipinski definition) is 3. The first kappa shape index (κ1) is 19.6. The number of aromatic nitrogens is 2. The van der Waals surface area contributed by atoms with Crippen LogP contribution >= 0.6 is 0 Å². The van der Waals surface area contributed by atoms with Gasteiger partial charge >= 0.3 is 0 Å². The summed E-state index contributed by atoms with van der Waals surface area (Å²) in [6, 6.07) is 9.86. The third-order valence-electron chi connectivity index (χ3n) is 8.06. The van der Waals surface area contributed by atoms with E-state index in [1.165, 1.54) is 32.1 Å². The number of benzene rings is 1. The zero-order chi connectivity index (χ0) is 21.8. The molecule has 4 bridgehead atoms. The molecule has 4 aliphatic carbocycles. The van der Waals surface area contributed by atoms with Gasteiger partial charge in [0.15, 0.2) is 0 Å². The molecule has 6 nitrogen and oxygen atoms in total. The first-order valence-electron chi connectivity index (χ1n) is 12.0. The van der Waals surface area contributed by atoms with Gasteiger partial charge in [0.2, 0.25) is 0 Å². The van der Waals surface area contributed by atoms with Gasteiger partial charge in [-0.1, -0.05) is 6.92 Å². The molecule has 32 heavy (non-hydrogen) atoms. The van der Waals surface area contributed by atoms with Crippen molar-refractivity contribution in [3.63, 3.8) is 0 Å². The van der Waals surface area contributed by atoms with E-state index in [-0.39, 0.29) is 5.75 Å². The first-order valence-corrected chi connectivity index (χ1v) is 12.0. The Hall–Kier alpha value is -3.02. The highest BCUT2D eigenvalue weighted by molar-refractivity contribution is 6.06. The zero-order valence-electron chi connectivity index (χ0n) is 18.5. The zero-order valence-corrected chi connectivity index (χ0v) is 18.5. The predicted octanol–water partition coefficient (Wildman–Crippen LogP) is 4.88. The highest BCUT2D eigenvalue weighted by Gasteiger charge is 2.48. The SMILES string of the molecule is CCc1cc(O)ccc1/N=C(\N)c1cnn2cccc2c1NC1C2CC3CC(C2)CC1C3. The number of nitrogens with two attached hydrogens (primary N) is 1. The largest absolute Gasteiger partial charge is 0.508 e. The summed E-state index contributed by atoms with van der Waals surface area (Å²) in [5.41, 5.74) is 11.3. The summed E-state index contributed by atoms with van der Waals surface area (Å²) in [5, 5.41) is 18.4. The second-order valence-corrected chi connectivity index (χ2v) is 10.0. The molecule has 4 N–H and O–H groups in total. The molecule has 0 atom stereocenters. The van der Waals surface area contributed by atoms with Gasteiger partial charge in [-0.15, -0.1) is 0 Å². The van der Waals surface area contributed by atoms with Crippen LogP contribution in [0.1, 0.15) is 50.2 Å². The minimum Gasteiger partial charge on any atom is -0.508 e. The van der Waals surface area contributed by atoms with E-state index in [0.29, 0.717) is 11.9 Å². The van der Waals surface area contributed by atoms with Gasteiger partial charge in [0.05, 0.1) is 28.7 Å². The Bertz CT molecular complexity index is 1170. The van der Waals surface area contributed by atoms with Crippen LogP contribution in [0.5, 0.6) is 5.75 Å². The third-order valence-corrected chi connectivity index (χ3v) is 8.06. The number of rotatable bonds is 5. The molecule has 4 fully saturated rings. The highest BCUT2D eigenvalue weighted by atomic mass is 16.3. The molecular formula is C26H31N5O. The van der Waals surface area contributed by atoms with Crippen LogP contribution in [-0.4, -0.2) is 26.6 Å². The van der Waals surface area contributed by atoms with Crippen molar-refractivity contribution in [3.8, 4) is 5.75 Å². The number of phenols is 1. The van der Waals surface area contributed by atoms with Crippen molar-refractivity contribution in [1.82, 2.24) is 9.61 Å². The van der Waals surface area contributed by atoms with Crippen molar-refractivity contribution < 1.29 is 5.11 Å².